The molecular weight excluding hydrogens is 809 g/mol. The number of para-hydroxylation sites is 1. The van der Waals surface area contributed by atoms with Gasteiger partial charge in [0.15, 0.2) is 0 Å². The molecule has 0 aliphatic heterocycles. The predicted molar refractivity (Wildman–Crippen MR) is 281 cm³/mol. The molecule has 11 aromatic carbocycles. The van der Waals surface area contributed by atoms with E-state index in [1.165, 1.54) is 88.2 Å². The molecule has 1 aromatic heterocycles. The Morgan fingerprint density at radius 1 is 0.313 bits per heavy atom. The zero-order valence-electron chi connectivity index (χ0n) is 36.8. The smallest absolute Gasteiger partial charge is 0.0714 e. The first-order valence-electron chi connectivity index (χ1n) is 23.2. The Morgan fingerprint density at radius 2 is 0.836 bits per heavy atom. The summed E-state index contributed by atoms with van der Waals surface area (Å²) >= 11 is 0. The summed E-state index contributed by atoms with van der Waals surface area (Å²) in [6.07, 6.45) is 0. The van der Waals surface area contributed by atoms with Gasteiger partial charge in [-0.15, -0.1) is 0 Å². The zero-order chi connectivity index (χ0) is 44.3. The van der Waals surface area contributed by atoms with Crippen LogP contribution in [0.15, 0.2) is 267 Å². The summed E-state index contributed by atoms with van der Waals surface area (Å²) in [5.41, 5.74) is 18.9. The molecule has 0 spiro atoms. The minimum atomic E-state index is -0.475. The summed E-state index contributed by atoms with van der Waals surface area (Å²) in [7, 11) is 0. The number of rotatable bonds is 8. The highest BCUT2D eigenvalue weighted by Gasteiger charge is 2.46. The average Bonchev–Trinajstić information content (AvgIpc) is 3.90. The molecule has 13 rings (SSSR count). The largest absolute Gasteiger partial charge is 0.310 e. The van der Waals surface area contributed by atoms with Gasteiger partial charge in [0.05, 0.1) is 22.1 Å². The maximum Gasteiger partial charge on any atom is 0.0714 e. The molecule has 0 bridgehead atoms. The highest BCUT2D eigenvalue weighted by atomic mass is 15.1. The molecular formula is C65H44N2. The lowest BCUT2D eigenvalue weighted by molar-refractivity contribution is 0.767. The molecule has 12 aromatic rings. The van der Waals surface area contributed by atoms with Crippen LogP contribution in [0.2, 0.25) is 0 Å². The number of benzene rings is 11. The Hall–Kier alpha value is -8.72. The molecule has 1 aliphatic carbocycles. The highest BCUT2D eigenvalue weighted by molar-refractivity contribution is 6.10. The zero-order valence-corrected chi connectivity index (χ0v) is 36.8. The van der Waals surface area contributed by atoms with Gasteiger partial charge in [-0.25, -0.2) is 0 Å². The Balaban J connectivity index is 0.926. The van der Waals surface area contributed by atoms with E-state index >= 15 is 0 Å². The quantitative estimate of drug-likeness (QED) is 0.148. The molecule has 0 saturated carbocycles. The summed E-state index contributed by atoms with van der Waals surface area (Å²) in [5.74, 6) is 0. The fourth-order valence-electron chi connectivity index (χ4n) is 11.1. The average molecular weight is 853 g/mol. The molecule has 0 amide bonds. The third-order valence-electron chi connectivity index (χ3n) is 14.1. The molecule has 0 fully saturated rings. The van der Waals surface area contributed by atoms with Gasteiger partial charge >= 0.3 is 0 Å². The van der Waals surface area contributed by atoms with E-state index < -0.39 is 5.41 Å². The molecule has 0 radical (unpaired) electrons. The van der Waals surface area contributed by atoms with E-state index in [-0.39, 0.29) is 0 Å². The van der Waals surface area contributed by atoms with Crippen LogP contribution in [0.3, 0.4) is 0 Å². The monoisotopic (exact) mass is 852 g/mol. The first-order chi connectivity index (χ1) is 33.2. The van der Waals surface area contributed by atoms with Crippen LogP contribution < -0.4 is 4.90 Å². The molecule has 67 heavy (non-hydrogen) atoms. The first-order valence-corrected chi connectivity index (χ1v) is 23.2. The van der Waals surface area contributed by atoms with Crippen molar-refractivity contribution >= 4 is 49.6 Å². The van der Waals surface area contributed by atoms with Crippen LogP contribution in [0, 0.1) is 0 Å². The SMILES string of the molecule is c1ccc(-c2ccc(N(c3ccc(-c4ccc5c(c4)c4ccccc4n5-c4ccc5c(c4)C(c4ccccc4)(c4ccccc4)c4ccccc4-5)cc3)c3cccc4ccccc34)cc2)cc1. The predicted octanol–water partition coefficient (Wildman–Crippen LogP) is 17.1. The lowest BCUT2D eigenvalue weighted by Gasteiger charge is -2.34. The van der Waals surface area contributed by atoms with Gasteiger partial charge in [0.25, 0.3) is 0 Å². The van der Waals surface area contributed by atoms with Crippen LogP contribution in [0.4, 0.5) is 17.1 Å². The second-order valence-electron chi connectivity index (χ2n) is 17.6. The number of hydrogen-bond donors (Lipinski definition) is 0. The van der Waals surface area contributed by atoms with Crippen LogP contribution >= 0.6 is 0 Å². The summed E-state index contributed by atoms with van der Waals surface area (Å²) in [5, 5.41) is 4.89. The highest BCUT2D eigenvalue weighted by Crippen LogP contribution is 2.56. The molecule has 1 aliphatic rings. The number of anilines is 3. The van der Waals surface area contributed by atoms with Gasteiger partial charge in [-0.3, -0.25) is 0 Å². The van der Waals surface area contributed by atoms with E-state index in [4.69, 9.17) is 0 Å². The summed E-state index contributed by atoms with van der Waals surface area (Å²) in [4.78, 5) is 2.39. The fraction of sp³-hybridized carbons (Fsp3) is 0.0154. The fourth-order valence-corrected chi connectivity index (χ4v) is 11.1. The van der Waals surface area contributed by atoms with Crippen molar-refractivity contribution in [2.45, 2.75) is 5.41 Å². The number of hydrogen-bond acceptors (Lipinski definition) is 1. The Morgan fingerprint density at radius 3 is 1.55 bits per heavy atom. The van der Waals surface area contributed by atoms with E-state index in [1.807, 2.05) is 0 Å². The van der Waals surface area contributed by atoms with Crippen LogP contribution in [-0.4, -0.2) is 4.57 Å². The van der Waals surface area contributed by atoms with Crippen molar-refractivity contribution in [3.05, 3.63) is 289 Å². The lowest BCUT2D eigenvalue weighted by atomic mass is 9.67. The summed E-state index contributed by atoms with van der Waals surface area (Å²) in [6.45, 7) is 0. The normalized spacial score (nSPS) is 12.6. The topological polar surface area (TPSA) is 8.17 Å². The third-order valence-corrected chi connectivity index (χ3v) is 14.1. The maximum atomic E-state index is 2.46. The molecule has 0 saturated heterocycles. The van der Waals surface area contributed by atoms with Gasteiger partial charge in [-0.1, -0.05) is 206 Å². The van der Waals surface area contributed by atoms with Gasteiger partial charge in [0.1, 0.15) is 0 Å². The lowest BCUT2D eigenvalue weighted by Crippen LogP contribution is -2.28. The molecule has 1 heterocycles. The van der Waals surface area contributed by atoms with Crippen LogP contribution in [0.5, 0.6) is 0 Å². The van der Waals surface area contributed by atoms with Crippen molar-refractivity contribution in [1.82, 2.24) is 4.57 Å². The minimum absolute atomic E-state index is 0.475. The summed E-state index contributed by atoms with van der Waals surface area (Å²) in [6, 6.07) is 98.0. The van der Waals surface area contributed by atoms with E-state index in [2.05, 4.69) is 276 Å². The molecule has 2 heteroatoms. The van der Waals surface area contributed by atoms with Crippen molar-refractivity contribution < 1.29 is 0 Å². The maximum absolute atomic E-state index is 2.46. The van der Waals surface area contributed by atoms with Crippen LogP contribution in [-0.2, 0) is 5.41 Å². The van der Waals surface area contributed by atoms with Crippen LogP contribution in [0.1, 0.15) is 22.3 Å². The Bertz CT molecular complexity index is 3730. The second-order valence-corrected chi connectivity index (χ2v) is 17.6. The minimum Gasteiger partial charge on any atom is -0.310 e. The molecule has 0 N–H and O–H groups in total. The molecule has 2 nitrogen and oxygen atoms in total. The van der Waals surface area contributed by atoms with E-state index in [0.717, 1.165) is 22.7 Å². The third kappa shape index (κ3) is 6.18. The van der Waals surface area contributed by atoms with Crippen molar-refractivity contribution in [2.75, 3.05) is 4.90 Å². The van der Waals surface area contributed by atoms with Crippen molar-refractivity contribution in [3.8, 4) is 39.1 Å². The van der Waals surface area contributed by atoms with Gasteiger partial charge in [-0.2, -0.15) is 0 Å². The standard InChI is InChI=1S/C65H44N2/c1-4-17-45(18-5-1)46-31-36-52(37-32-46)66(62-30-16-20-48-19-10-11-25-55(48)62)53-38-33-47(34-39-53)49-35-42-64-59(43-49)58-27-13-15-29-63(58)67(64)54-40-41-57-56-26-12-14-28-60(56)65(61(57)44-54,50-21-6-2-7-22-50)51-23-8-3-9-24-51/h1-44H. The van der Waals surface area contributed by atoms with E-state index in [1.54, 1.807) is 0 Å². The molecule has 0 atom stereocenters. The van der Waals surface area contributed by atoms with Crippen molar-refractivity contribution in [1.29, 1.82) is 0 Å². The molecule has 0 unspecified atom stereocenters. The van der Waals surface area contributed by atoms with Crippen LogP contribution in [0.25, 0.3) is 71.6 Å². The van der Waals surface area contributed by atoms with Gasteiger partial charge in [0.2, 0.25) is 0 Å². The van der Waals surface area contributed by atoms with Gasteiger partial charge in [-0.05, 0) is 122 Å². The van der Waals surface area contributed by atoms with Crippen molar-refractivity contribution in [3.63, 3.8) is 0 Å². The van der Waals surface area contributed by atoms with Crippen molar-refractivity contribution in [2.24, 2.45) is 0 Å². The number of aromatic nitrogens is 1. The number of nitrogens with zero attached hydrogens (tertiary/aromatic N) is 2. The van der Waals surface area contributed by atoms with Gasteiger partial charge in [0, 0.05) is 33.2 Å². The van der Waals surface area contributed by atoms with E-state index in [9.17, 15) is 0 Å². The molecule has 314 valence electrons. The Kier molecular flexibility index (Phi) is 9.11. The van der Waals surface area contributed by atoms with E-state index in [0.29, 0.717) is 0 Å². The summed E-state index contributed by atoms with van der Waals surface area (Å²) < 4.78 is 2.46. The van der Waals surface area contributed by atoms with Gasteiger partial charge < -0.3 is 9.47 Å². The first kappa shape index (κ1) is 38.7. The number of fused-ring (bicyclic) bond motifs is 7. The Labute approximate surface area is 390 Å². The second kappa shape index (κ2) is 15.8.